The van der Waals surface area contributed by atoms with Crippen LogP contribution in [0, 0.1) is 5.92 Å². The van der Waals surface area contributed by atoms with Crippen LogP contribution < -0.4 is 4.74 Å². The largest absolute Gasteiger partial charge is 0.496 e. The maximum Gasteiger partial charge on any atom is 0.169 e. The Morgan fingerprint density at radius 3 is 2.85 bits per heavy atom. The van der Waals surface area contributed by atoms with E-state index in [1.54, 1.807) is 13.2 Å². The van der Waals surface area contributed by atoms with Crippen molar-refractivity contribution in [2.24, 2.45) is 5.92 Å². The number of methoxy groups -OCH3 is 1. The highest BCUT2D eigenvalue weighted by Gasteiger charge is 2.35. The van der Waals surface area contributed by atoms with Crippen LogP contribution in [0.5, 0.6) is 5.75 Å². The second-order valence-electron chi connectivity index (χ2n) is 5.28. The summed E-state index contributed by atoms with van der Waals surface area (Å²) in [6, 6.07) is 3.58. The normalized spacial score (nSPS) is 22.9. The molecule has 0 spiro atoms. The number of fused-ring (bicyclic) bond motifs is 1. The van der Waals surface area contributed by atoms with Gasteiger partial charge in [-0.1, -0.05) is 11.6 Å². The first-order valence-corrected chi connectivity index (χ1v) is 7.28. The van der Waals surface area contributed by atoms with Gasteiger partial charge in [-0.3, -0.25) is 9.69 Å². The topological polar surface area (TPSA) is 38.8 Å². The first-order valence-electron chi connectivity index (χ1n) is 6.90. The van der Waals surface area contributed by atoms with Gasteiger partial charge in [0.15, 0.2) is 5.78 Å². The van der Waals surface area contributed by atoms with Gasteiger partial charge in [0, 0.05) is 36.7 Å². The summed E-state index contributed by atoms with van der Waals surface area (Å²) >= 11 is 6.19. The van der Waals surface area contributed by atoms with Crippen LogP contribution in [0.1, 0.15) is 15.9 Å². The summed E-state index contributed by atoms with van der Waals surface area (Å²) in [6.07, 6.45) is 0.718. The second kappa shape index (κ2) is 5.72. The molecule has 1 unspecified atom stereocenters. The van der Waals surface area contributed by atoms with Crippen LogP contribution in [-0.4, -0.2) is 50.6 Å². The number of morpholine rings is 1. The Bertz CT molecular complexity index is 526. The van der Waals surface area contributed by atoms with Crippen molar-refractivity contribution in [2.45, 2.75) is 6.42 Å². The Kier molecular flexibility index (Phi) is 3.96. The number of carbonyl (C=O) groups is 1. The molecule has 5 heteroatoms. The van der Waals surface area contributed by atoms with Gasteiger partial charge in [0.05, 0.1) is 25.3 Å². The Balaban J connectivity index is 1.81. The Hall–Kier alpha value is -1.10. The zero-order chi connectivity index (χ0) is 14.1. The second-order valence-corrected chi connectivity index (χ2v) is 5.69. The van der Waals surface area contributed by atoms with Gasteiger partial charge in [-0.2, -0.15) is 0 Å². The van der Waals surface area contributed by atoms with E-state index < -0.39 is 0 Å². The molecule has 1 aromatic carbocycles. The highest BCUT2D eigenvalue weighted by molar-refractivity contribution is 6.34. The number of carbonyl (C=O) groups excluding carboxylic acids is 1. The Morgan fingerprint density at radius 1 is 1.40 bits per heavy atom. The lowest BCUT2D eigenvalue weighted by molar-refractivity contribution is 0.0308. The van der Waals surface area contributed by atoms with Crippen LogP contribution in [0.2, 0.25) is 5.02 Å². The van der Waals surface area contributed by atoms with Crippen molar-refractivity contribution < 1.29 is 14.3 Å². The fourth-order valence-electron chi connectivity index (χ4n) is 3.05. The number of Topliss-reactive ketones (excluding diaryl/α,β-unsaturated/α-hetero) is 1. The standard InChI is InChI=1S/C15H18ClNO3/c1-19-13-3-2-12(16)14-11(13)8-10(15(14)18)9-17-4-6-20-7-5-17/h2-3,10H,4-9H2,1H3. The van der Waals surface area contributed by atoms with Gasteiger partial charge in [0.1, 0.15) is 5.75 Å². The summed E-state index contributed by atoms with van der Waals surface area (Å²) in [6.45, 7) is 4.06. The fraction of sp³-hybridized carbons (Fsp3) is 0.533. The number of ketones is 1. The lowest BCUT2D eigenvalue weighted by Gasteiger charge is -2.28. The van der Waals surface area contributed by atoms with Crippen molar-refractivity contribution in [3.05, 3.63) is 28.3 Å². The molecule has 1 heterocycles. The fourth-order valence-corrected chi connectivity index (χ4v) is 3.32. The number of rotatable bonds is 3. The number of nitrogens with zero attached hydrogens (tertiary/aromatic N) is 1. The average Bonchev–Trinajstić information content (AvgIpc) is 2.79. The van der Waals surface area contributed by atoms with Crippen molar-refractivity contribution in [1.82, 2.24) is 4.90 Å². The highest BCUT2D eigenvalue weighted by Crippen LogP contribution is 2.38. The Labute approximate surface area is 123 Å². The van der Waals surface area contributed by atoms with Crippen molar-refractivity contribution in [1.29, 1.82) is 0 Å². The van der Waals surface area contributed by atoms with Gasteiger partial charge in [0.2, 0.25) is 0 Å². The molecule has 1 aromatic rings. The maximum atomic E-state index is 12.6. The van der Waals surface area contributed by atoms with Crippen molar-refractivity contribution in [2.75, 3.05) is 40.0 Å². The third-order valence-electron chi connectivity index (χ3n) is 4.09. The van der Waals surface area contributed by atoms with Crippen LogP contribution in [0.15, 0.2) is 12.1 Å². The summed E-state index contributed by atoms with van der Waals surface area (Å²) < 4.78 is 10.7. The summed E-state index contributed by atoms with van der Waals surface area (Å²) in [5.41, 5.74) is 1.62. The molecular formula is C15H18ClNO3. The van der Waals surface area contributed by atoms with Crippen LogP contribution in [0.3, 0.4) is 0 Å². The number of ether oxygens (including phenoxy) is 2. The van der Waals surface area contributed by atoms with E-state index in [-0.39, 0.29) is 11.7 Å². The minimum Gasteiger partial charge on any atom is -0.496 e. The Morgan fingerprint density at radius 2 is 2.15 bits per heavy atom. The van der Waals surface area contributed by atoms with E-state index in [0.29, 0.717) is 10.6 Å². The first kappa shape index (κ1) is 13.9. The summed E-state index contributed by atoms with van der Waals surface area (Å²) in [7, 11) is 1.63. The zero-order valence-electron chi connectivity index (χ0n) is 11.5. The van der Waals surface area contributed by atoms with Gasteiger partial charge < -0.3 is 9.47 Å². The summed E-state index contributed by atoms with van der Waals surface area (Å²) in [4.78, 5) is 14.9. The molecule has 1 aliphatic heterocycles. The lowest BCUT2D eigenvalue weighted by atomic mass is 10.0. The quantitative estimate of drug-likeness (QED) is 0.855. The van der Waals surface area contributed by atoms with E-state index in [0.717, 1.165) is 50.6 Å². The smallest absolute Gasteiger partial charge is 0.169 e. The monoisotopic (exact) mass is 295 g/mol. The molecule has 0 amide bonds. The van der Waals surface area contributed by atoms with Gasteiger partial charge in [-0.25, -0.2) is 0 Å². The predicted molar refractivity (Wildman–Crippen MR) is 76.8 cm³/mol. The summed E-state index contributed by atoms with van der Waals surface area (Å²) in [5.74, 6) is 0.898. The number of hydrogen-bond acceptors (Lipinski definition) is 4. The third kappa shape index (κ3) is 2.43. The van der Waals surface area contributed by atoms with Crippen LogP contribution in [0.25, 0.3) is 0 Å². The highest BCUT2D eigenvalue weighted by atomic mass is 35.5. The molecule has 108 valence electrons. The molecule has 20 heavy (non-hydrogen) atoms. The van der Waals surface area contributed by atoms with E-state index in [1.165, 1.54) is 0 Å². The maximum absolute atomic E-state index is 12.6. The van der Waals surface area contributed by atoms with Gasteiger partial charge in [-0.05, 0) is 18.6 Å². The lowest BCUT2D eigenvalue weighted by Crippen LogP contribution is -2.40. The first-order chi connectivity index (χ1) is 9.70. The minimum atomic E-state index is -0.0168. The molecule has 0 radical (unpaired) electrons. The molecule has 4 nitrogen and oxygen atoms in total. The van der Waals surface area contributed by atoms with Gasteiger partial charge >= 0.3 is 0 Å². The number of halogens is 1. The van der Waals surface area contributed by atoms with Crippen molar-refractivity contribution in [3.63, 3.8) is 0 Å². The predicted octanol–water partition coefficient (Wildman–Crippen LogP) is 2.04. The van der Waals surface area contributed by atoms with Crippen LogP contribution >= 0.6 is 11.6 Å². The molecule has 0 bridgehead atoms. The molecule has 2 aliphatic rings. The number of benzene rings is 1. The van der Waals surface area contributed by atoms with Crippen LogP contribution in [-0.2, 0) is 11.2 Å². The molecule has 1 fully saturated rings. The van der Waals surface area contributed by atoms with E-state index >= 15 is 0 Å². The molecule has 3 rings (SSSR count). The third-order valence-corrected chi connectivity index (χ3v) is 4.40. The minimum absolute atomic E-state index is 0.0168. The van der Waals surface area contributed by atoms with E-state index in [1.807, 2.05) is 6.07 Å². The molecule has 1 atom stereocenters. The summed E-state index contributed by atoms with van der Waals surface area (Å²) in [5, 5.41) is 0.537. The average molecular weight is 296 g/mol. The van der Waals surface area contributed by atoms with Crippen molar-refractivity contribution >= 4 is 17.4 Å². The molecule has 1 aliphatic carbocycles. The molecule has 1 saturated heterocycles. The molecular weight excluding hydrogens is 278 g/mol. The van der Waals surface area contributed by atoms with E-state index in [9.17, 15) is 4.79 Å². The van der Waals surface area contributed by atoms with Gasteiger partial charge in [-0.15, -0.1) is 0 Å². The number of hydrogen-bond donors (Lipinski definition) is 0. The molecule has 0 N–H and O–H groups in total. The SMILES string of the molecule is COc1ccc(Cl)c2c1CC(CN1CCOCC1)C2=O. The molecule has 0 aromatic heterocycles. The van der Waals surface area contributed by atoms with Crippen LogP contribution in [0.4, 0.5) is 0 Å². The van der Waals surface area contributed by atoms with Crippen molar-refractivity contribution in [3.8, 4) is 5.75 Å². The zero-order valence-corrected chi connectivity index (χ0v) is 12.3. The molecule has 0 saturated carbocycles. The van der Waals surface area contributed by atoms with Gasteiger partial charge in [0.25, 0.3) is 0 Å². The van der Waals surface area contributed by atoms with E-state index in [4.69, 9.17) is 21.1 Å². The van der Waals surface area contributed by atoms with E-state index in [2.05, 4.69) is 4.90 Å².